The highest BCUT2D eigenvalue weighted by atomic mass is 32.1. The van der Waals surface area contributed by atoms with Crippen LogP contribution in [0.25, 0.3) is 10.2 Å². The molecule has 2 nitrogen and oxygen atoms in total. The van der Waals surface area contributed by atoms with Gasteiger partial charge in [0.15, 0.2) is 0 Å². The van der Waals surface area contributed by atoms with Gasteiger partial charge in [0.25, 0.3) is 0 Å². The zero-order valence-corrected chi connectivity index (χ0v) is 14.0. The van der Waals surface area contributed by atoms with Crippen molar-refractivity contribution in [2.24, 2.45) is 11.8 Å². The number of hydrogen-bond donors (Lipinski definition) is 1. The van der Waals surface area contributed by atoms with E-state index < -0.39 is 0 Å². The van der Waals surface area contributed by atoms with Gasteiger partial charge in [-0.1, -0.05) is 38.8 Å². The van der Waals surface area contributed by atoms with Crippen LogP contribution in [0.15, 0.2) is 24.3 Å². The van der Waals surface area contributed by atoms with Crippen LogP contribution >= 0.6 is 11.3 Å². The second-order valence-electron chi connectivity index (χ2n) is 6.65. The molecule has 0 saturated heterocycles. The third kappa shape index (κ3) is 3.83. The zero-order valence-electron chi connectivity index (χ0n) is 13.1. The topological polar surface area (TPSA) is 24.9 Å². The minimum Gasteiger partial charge on any atom is -0.314 e. The minimum absolute atomic E-state index is 0.593. The minimum atomic E-state index is 0.593. The number of aromatic nitrogens is 1. The predicted octanol–water partition coefficient (Wildman–Crippen LogP) is 4.64. The summed E-state index contributed by atoms with van der Waals surface area (Å²) in [7, 11) is 0. The van der Waals surface area contributed by atoms with Crippen LogP contribution in [0.3, 0.4) is 0 Å². The highest BCUT2D eigenvalue weighted by Crippen LogP contribution is 2.34. The Morgan fingerprint density at radius 3 is 2.71 bits per heavy atom. The van der Waals surface area contributed by atoms with Gasteiger partial charge in [-0.25, -0.2) is 4.98 Å². The summed E-state index contributed by atoms with van der Waals surface area (Å²) < 4.78 is 1.33. The van der Waals surface area contributed by atoms with Gasteiger partial charge >= 0.3 is 0 Å². The van der Waals surface area contributed by atoms with Crippen molar-refractivity contribution in [1.29, 1.82) is 0 Å². The van der Waals surface area contributed by atoms with Crippen LogP contribution in [-0.4, -0.2) is 17.6 Å². The lowest BCUT2D eigenvalue weighted by molar-refractivity contribution is 0.224. The first-order chi connectivity index (χ1) is 10.2. The molecule has 0 radical (unpaired) electrons. The van der Waals surface area contributed by atoms with E-state index in [0.29, 0.717) is 6.04 Å². The van der Waals surface area contributed by atoms with E-state index in [1.54, 1.807) is 0 Å². The van der Waals surface area contributed by atoms with Crippen molar-refractivity contribution in [2.75, 3.05) is 6.54 Å². The predicted molar refractivity (Wildman–Crippen MR) is 91.9 cm³/mol. The van der Waals surface area contributed by atoms with Gasteiger partial charge in [-0.3, -0.25) is 0 Å². The Hall–Kier alpha value is -0.930. The molecule has 1 aliphatic carbocycles. The molecule has 1 fully saturated rings. The molecule has 1 saturated carbocycles. The van der Waals surface area contributed by atoms with Crippen molar-refractivity contribution >= 4 is 21.6 Å². The Balaban J connectivity index is 1.68. The molecule has 1 aliphatic rings. The summed E-state index contributed by atoms with van der Waals surface area (Å²) >= 11 is 1.89. The highest BCUT2D eigenvalue weighted by molar-refractivity contribution is 7.18. The van der Waals surface area contributed by atoms with Gasteiger partial charge in [-0.05, 0) is 43.4 Å². The number of rotatable bonds is 5. The fourth-order valence-electron chi connectivity index (χ4n) is 3.44. The van der Waals surface area contributed by atoms with Crippen LogP contribution in [0.1, 0.15) is 44.5 Å². The van der Waals surface area contributed by atoms with E-state index in [9.17, 15) is 0 Å². The average molecular weight is 302 g/mol. The molecule has 21 heavy (non-hydrogen) atoms. The fraction of sp³-hybridized carbons (Fsp3) is 0.611. The van der Waals surface area contributed by atoms with Crippen molar-refractivity contribution in [2.45, 2.75) is 52.0 Å². The van der Waals surface area contributed by atoms with Gasteiger partial charge in [-0.15, -0.1) is 11.3 Å². The lowest BCUT2D eigenvalue weighted by atomic mass is 9.77. The summed E-state index contributed by atoms with van der Waals surface area (Å²) in [5.41, 5.74) is 1.17. The first-order valence-corrected chi connectivity index (χ1v) is 9.12. The van der Waals surface area contributed by atoms with Crippen molar-refractivity contribution in [1.82, 2.24) is 10.3 Å². The molecule has 2 unspecified atom stereocenters. The lowest BCUT2D eigenvalue weighted by Crippen LogP contribution is -2.34. The van der Waals surface area contributed by atoms with Crippen molar-refractivity contribution in [3.05, 3.63) is 29.3 Å². The van der Waals surface area contributed by atoms with E-state index >= 15 is 0 Å². The number of fused-ring (bicyclic) bond motifs is 1. The molecule has 0 bridgehead atoms. The van der Waals surface area contributed by atoms with E-state index in [0.717, 1.165) is 11.8 Å². The first-order valence-electron chi connectivity index (χ1n) is 8.30. The summed E-state index contributed by atoms with van der Waals surface area (Å²) in [4.78, 5) is 4.83. The van der Waals surface area contributed by atoms with Crippen LogP contribution in [-0.2, 0) is 6.42 Å². The summed E-state index contributed by atoms with van der Waals surface area (Å²) in [5.74, 6) is 1.64. The Morgan fingerprint density at radius 2 is 1.95 bits per heavy atom. The maximum atomic E-state index is 4.83. The van der Waals surface area contributed by atoms with E-state index in [1.807, 2.05) is 11.3 Å². The molecule has 2 aromatic rings. The van der Waals surface area contributed by atoms with Crippen LogP contribution in [0, 0.1) is 11.8 Å². The second-order valence-corrected chi connectivity index (χ2v) is 7.76. The second kappa shape index (κ2) is 6.89. The molecule has 1 heterocycles. The monoisotopic (exact) mass is 302 g/mol. The number of nitrogens with zero attached hydrogens (tertiary/aromatic N) is 1. The van der Waals surface area contributed by atoms with Gasteiger partial charge in [0.1, 0.15) is 0 Å². The van der Waals surface area contributed by atoms with Crippen LogP contribution < -0.4 is 5.32 Å². The lowest BCUT2D eigenvalue weighted by Gasteiger charge is -2.32. The summed E-state index contributed by atoms with van der Waals surface area (Å²) in [6, 6.07) is 9.11. The Bertz CT molecular complexity index is 542. The van der Waals surface area contributed by atoms with Crippen molar-refractivity contribution in [3.8, 4) is 0 Å². The Kier molecular flexibility index (Phi) is 4.91. The molecule has 3 rings (SSSR count). The van der Waals surface area contributed by atoms with E-state index in [4.69, 9.17) is 4.98 Å². The largest absolute Gasteiger partial charge is 0.314 e. The van der Waals surface area contributed by atoms with Crippen LogP contribution in [0.5, 0.6) is 0 Å². The molecule has 0 spiro atoms. The number of hydrogen-bond acceptors (Lipinski definition) is 3. The Labute approximate surface area is 132 Å². The smallest absolute Gasteiger partial charge is 0.0941 e. The molecule has 1 aromatic carbocycles. The zero-order chi connectivity index (χ0) is 14.7. The van der Waals surface area contributed by atoms with E-state index in [-0.39, 0.29) is 0 Å². The number of nitrogens with one attached hydrogen (secondary N) is 1. The van der Waals surface area contributed by atoms with E-state index in [2.05, 4.69) is 43.4 Å². The average Bonchev–Trinajstić information content (AvgIpc) is 2.88. The fourth-order valence-corrected chi connectivity index (χ4v) is 4.50. The third-order valence-corrected chi connectivity index (χ3v) is 5.69. The Morgan fingerprint density at radius 1 is 1.19 bits per heavy atom. The van der Waals surface area contributed by atoms with Gasteiger partial charge < -0.3 is 5.32 Å². The van der Waals surface area contributed by atoms with Gasteiger partial charge in [0.2, 0.25) is 0 Å². The summed E-state index contributed by atoms with van der Waals surface area (Å²) in [6.07, 6.45) is 6.73. The summed E-state index contributed by atoms with van der Waals surface area (Å²) in [5, 5.41) is 4.97. The quantitative estimate of drug-likeness (QED) is 0.870. The molecule has 0 amide bonds. The molecule has 0 aliphatic heterocycles. The maximum Gasteiger partial charge on any atom is 0.0941 e. The number of thiazole rings is 1. The SMILES string of the molecule is CC(C)NCC1CCCCC1Cc1nc2ccccc2s1. The summed E-state index contributed by atoms with van der Waals surface area (Å²) in [6.45, 7) is 5.66. The van der Waals surface area contributed by atoms with Gasteiger partial charge in [-0.2, -0.15) is 0 Å². The van der Waals surface area contributed by atoms with Gasteiger partial charge in [0, 0.05) is 12.5 Å². The molecule has 1 aromatic heterocycles. The first kappa shape index (κ1) is 15.0. The van der Waals surface area contributed by atoms with Crippen LogP contribution in [0.2, 0.25) is 0 Å². The van der Waals surface area contributed by atoms with Crippen molar-refractivity contribution < 1.29 is 0 Å². The maximum absolute atomic E-state index is 4.83. The number of benzene rings is 1. The molecule has 2 atom stereocenters. The normalized spacial score (nSPS) is 23.0. The highest BCUT2D eigenvalue weighted by Gasteiger charge is 2.26. The van der Waals surface area contributed by atoms with E-state index in [1.165, 1.54) is 53.9 Å². The molecule has 3 heteroatoms. The third-order valence-electron chi connectivity index (χ3n) is 4.63. The number of para-hydroxylation sites is 1. The van der Waals surface area contributed by atoms with Crippen LogP contribution in [0.4, 0.5) is 0 Å². The molecule has 1 N–H and O–H groups in total. The molecular formula is C18H26N2S. The molecular weight excluding hydrogens is 276 g/mol. The standard InChI is InChI=1S/C18H26N2S/c1-13(2)19-12-15-8-4-3-7-14(15)11-18-20-16-9-5-6-10-17(16)21-18/h5-6,9-10,13-15,19H,3-4,7-8,11-12H2,1-2H3. The van der Waals surface area contributed by atoms with Gasteiger partial charge in [0.05, 0.1) is 15.2 Å². The van der Waals surface area contributed by atoms with Crippen molar-refractivity contribution in [3.63, 3.8) is 0 Å². The molecule has 114 valence electrons.